The van der Waals surface area contributed by atoms with Crippen LogP contribution in [-0.4, -0.2) is 72.0 Å². The molecule has 5 aliphatic rings. The molecule has 0 spiro atoms. The summed E-state index contributed by atoms with van der Waals surface area (Å²) < 4.78 is 11.4. The third-order valence-electron chi connectivity index (χ3n) is 12.2. The van der Waals surface area contributed by atoms with Crippen LogP contribution in [-0.2, 0) is 19.1 Å². The van der Waals surface area contributed by atoms with Crippen molar-refractivity contribution in [2.24, 2.45) is 40.2 Å². The van der Waals surface area contributed by atoms with E-state index in [0.29, 0.717) is 30.7 Å². The number of nitrogens with zero attached hydrogens (tertiary/aromatic N) is 1. The lowest BCUT2D eigenvalue weighted by Crippen LogP contribution is -2.66. The van der Waals surface area contributed by atoms with Crippen molar-refractivity contribution in [1.29, 1.82) is 0 Å². The Kier molecular flexibility index (Phi) is 8.46. The van der Waals surface area contributed by atoms with Crippen molar-refractivity contribution in [1.82, 2.24) is 10.2 Å². The fourth-order valence-electron chi connectivity index (χ4n) is 9.99. The minimum absolute atomic E-state index is 0.118. The summed E-state index contributed by atoms with van der Waals surface area (Å²) in [5.74, 6) is -0.0427. The van der Waals surface area contributed by atoms with Crippen LogP contribution < -0.4 is 11.1 Å². The zero-order valence-electron chi connectivity index (χ0n) is 24.8. The van der Waals surface area contributed by atoms with Crippen LogP contribution in [0.3, 0.4) is 0 Å². The molecule has 4 saturated carbocycles. The third-order valence-corrected chi connectivity index (χ3v) is 12.2. The number of esters is 1. The number of nitrogens with one attached hydrogen (secondary N) is 1. The number of hydrogen-bond acceptors (Lipinski definition) is 7. The van der Waals surface area contributed by atoms with Crippen molar-refractivity contribution in [3.63, 3.8) is 0 Å². The molecular weight excluding hydrogens is 510 g/mol. The summed E-state index contributed by atoms with van der Waals surface area (Å²) in [6.45, 7) is 8.85. The molecule has 1 heterocycles. The van der Waals surface area contributed by atoms with E-state index in [0.717, 1.165) is 77.3 Å². The Bertz CT molecular complexity index is 971. The van der Waals surface area contributed by atoms with Gasteiger partial charge in [-0.25, -0.2) is 4.79 Å². The standard InChI is InChI=1S/C31H51N3O6/c1-20(35)39-23(19-34-15-5-4-6-16-34)18-33-28(38)40-22-9-12-29(2)21(17-22)7-8-25-24(29)10-13-30(3)26(27(36)37)11-14-31(25,30)32/h21-26H,4-19,32H2,1-3H3,(H,33,38)(H,36,37)/t21?,22?,23?,24-,25-,26?,29+,30-,31-/m1/s1. The maximum Gasteiger partial charge on any atom is 0.407 e. The number of rotatable bonds is 7. The molecule has 9 nitrogen and oxygen atoms in total. The Morgan fingerprint density at radius 3 is 2.45 bits per heavy atom. The SMILES string of the molecule is CC(=O)OC(CNC(=O)OC1CC[C@@]2(C)C(CC[C@@H]3[C@H]2CC[C@]2(C)C(C(=O)O)CC[C@@]32N)C1)CN1CCCCC1. The van der Waals surface area contributed by atoms with Crippen molar-refractivity contribution in [3.05, 3.63) is 0 Å². The zero-order valence-corrected chi connectivity index (χ0v) is 24.8. The minimum atomic E-state index is -0.685. The molecule has 0 bridgehead atoms. The monoisotopic (exact) mass is 561 g/mol. The van der Waals surface area contributed by atoms with Gasteiger partial charge in [0.2, 0.25) is 0 Å². The second-order valence-electron chi connectivity index (χ2n) is 14.2. The molecule has 0 aromatic rings. The summed E-state index contributed by atoms with van der Waals surface area (Å²) in [4.78, 5) is 38.8. The van der Waals surface area contributed by atoms with E-state index in [1.807, 2.05) is 0 Å². The molecule has 1 amide bonds. The highest BCUT2D eigenvalue weighted by Crippen LogP contribution is 2.68. The number of aliphatic carboxylic acids is 1. The predicted octanol–water partition coefficient (Wildman–Crippen LogP) is 4.32. The first-order valence-electron chi connectivity index (χ1n) is 15.8. The molecule has 4 unspecified atom stereocenters. The van der Waals surface area contributed by atoms with E-state index >= 15 is 0 Å². The molecule has 5 fully saturated rings. The molecule has 9 atom stereocenters. The first-order valence-corrected chi connectivity index (χ1v) is 15.8. The smallest absolute Gasteiger partial charge is 0.407 e. The lowest BCUT2D eigenvalue weighted by Gasteiger charge is -2.64. The topological polar surface area (TPSA) is 131 Å². The lowest BCUT2D eigenvalue weighted by atomic mass is 9.42. The molecule has 40 heavy (non-hydrogen) atoms. The van der Waals surface area contributed by atoms with E-state index in [9.17, 15) is 19.5 Å². The Morgan fingerprint density at radius 1 is 1.00 bits per heavy atom. The molecule has 0 aromatic carbocycles. The summed E-state index contributed by atoms with van der Waals surface area (Å²) in [6.07, 6.45) is 10.8. The van der Waals surface area contributed by atoms with Gasteiger partial charge in [-0.05, 0) is 112 Å². The molecule has 226 valence electrons. The fraction of sp³-hybridized carbons (Fsp3) is 0.903. The largest absolute Gasteiger partial charge is 0.481 e. The van der Waals surface area contributed by atoms with E-state index in [1.165, 1.54) is 13.3 Å². The fourth-order valence-corrected chi connectivity index (χ4v) is 9.99. The normalized spacial score (nSPS) is 42.0. The van der Waals surface area contributed by atoms with E-state index in [4.69, 9.17) is 15.2 Å². The predicted molar refractivity (Wildman–Crippen MR) is 150 cm³/mol. The van der Waals surface area contributed by atoms with Gasteiger partial charge in [-0.2, -0.15) is 0 Å². The van der Waals surface area contributed by atoms with Crippen LogP contribution >= 0.6 is 0 Å². The van der Waals surface area contributed by atoms with Crippen LogP contribution in [0.4, 0.5) is 4.79 Å². The molecular formula is C31H51N3O6. The minimum Gasteiger partial charge on any atom is -0.481 e. The zero-order chi connectivity index (χ0) is 28.7. The molecule has 9 heteroatoms. The van der Waals surface area contributed by atoms with Gasteiger partial charge in [-0.3, -0.25) is 14.5 Å². The number of carboxylic acid groups (broad SMARTS) is 1. The summed E-state index contributed by atoms with van der Waals surface area (Å²) in [7, 11) is 0. The number of fused-ring (bicyclic) bond motifs is 5. The summed E-state index contributed by atoms with van der Waals surface area (Å²) in [6, 6.07) is 0. The van der Waals surface area contributed by atoms with Crippen LogP contribution in [0.15, 0.2) is 0 Å². The Morgan fingerprint density at radius 2 is 1.75 bits per heavy atom. The Labute approximate surface area is 239 Å². The van der Waals surface area contributed by atoms with Gasteiger partial charge in [-0.15, -0.1) is 0 Å². The van der Waals surface area contributed by atoms with Crippen molar-refractivity contribution < 1.29 is 29.0 Å². The number of nitrogens with two attached hydrogens (primary N) is 1. The van der Waals surface area contributed by atoms with Crippen molar-refractivity contribution in [2.75, 3.05) is 26.2 Å². The van der Waals surface area contributed by atoms with Gasteiger partial charge in [0.25, 0.3) is 0 Å². The summed E-state index contributed by atoms with van der Waals surface area (Å²) in [5, 5.41) is 12.8. The van der Waals surface area contributed by atoms with Gasteiger partial charge < -0.3 is 25.6 Å². The average Bonchev–Trinajstić information content (AvgIpc) is 3.19. The molecule has 0 aromatic heterocycles. The first-order chi connectivity index (χ1) is 19.0. The number of hydrogen-bond donors (Lipinski definition) is 3. The second kappa shape index (κ2) is 11.4. The number of carbonyl (C=O) groups excluding carboxylic acids is 2. The summed E-state index contributed by atoms with van der Waals surface area (Å²) >= 11 is 0. The van der Waals surface area contributed by atoms with Crippen molar-refractivity contribution >= 4 is 18.0 Å². The maximum atomic E-state index is 12.8. The number of amides is 1. The Balaban J connectivity index is 1.16. The molecule has 1 saturated heterocycles. The Hall–Kier alpha value is -1.87. The van der Waals surface area contributed by atoms with E-state index in [-0.39, 0.29) is 41.5 Å². The number of alkyl carbamates (subject to hydrolysis) is 1. The molecule has 4 N–H and O–H groups in total. The second-order valence-corrected chi connectivity index (χ2v) is 14.2. The van der Waals surface area contributed by atoms with Crippen molar-refractivity contribution in [3.8, 4) is 0 Å². The number of carboxylic acids is 1. The van der Waals surface area contributed by atoms with Gasteiger partial charge >= 0.3 is 18.0 Å². The van der Waals surface area contributed by atoms with Crippen LogP contribution in [0.25, 0.3) is 0 Å². The maximum absolute atomic E-state index is 12.8. The highest BCUT2D eigenvalue weighted by Gasteiger charge is 2.67. The first kappa shape index (κ1) is 29.6. The van der Waals surface area contributed by atoms with Gasteiger partial charge in [0.1, 0.15) is 12.2 Å². The van der Waals surface area contributed by atoms with Crippen LogP contribution in [0.5, 0.6) is 0 Å². The quantitative estimate of drug-likeness (QED) is 0.392. The molecule has 0 radical (unpaired) electrons. The van der Waals surface area contributed by atoms with Crippen LogP contribution in [0.2, 0.25) is 0 Å². The highest BCUT2D eigenvalue weighted by molar-refractivity contribution is 5.72. The van der Waals surface area contributed by atoms with Gasteiger partial charge in [0, 0.05) is 19.0 Å². The van der Waals surface area contributed by atoms with Crippen LogP contribution in [0.1, 0.15) is 97.8 Å². The molecule has 1 aliphatic heterocycles. The molecule has 5 rings (SSSR count). The third kappa shape index (κ3) is 5.37. The van der Waals surface area contributed by atoms with Crippen molar-refractivity contribution in [2.45, 2.75) is 116 Å². The van der Waals surface area contributed by atoms with Gasteiger partial charge in [-0.1, -0.05) is 20.3 Å². The lowest BCUT2D eigenvalue weighted by molar-refractivity contribution is -0.157. The van der Waals surface area contributed by atoms with E-state index in [2.05, 4.69) is 24.1 Å². The van der Waals surface area contributed by atoms with Gasteiger partial charge in [0.05, 0.1) is 12.5 Å². The highest BCUT2D eigenvalue weighted by atomic mass is 16.6. The van der Waals surface area contributed by atoms with Crippen LogP contribution in [0, 0.1) is 34.5 Å². The average molecular weight is 562 g/mol. The number of piperidine rings is 1. The van der Waals surface area contributed by atoms with Gasteiger partial charge in [0.15, 0.2) is 0 Å². The number of likely N-dealkylation sites (tertiary alicyclic amines) is 1. The number of ether oxygens (including phenoxy) is 2. The van der Waals surface area contributed by atoms with E-state index in [1.54, 1.807) is 0 Å². The summed E-state index contributed by atoms with van der Waals surface area (Å²) in [5.41, 5.74) is 6.63. The number of carbonyl (C=O) groups is 3. The molecule has 4 aliphatic carbocycles. The van der Waals surface area contributed by atoms with E-state index < -0.39 is 17.6 Å².